The molecule has 1 heterocycles. The average Bonchev–Trinajstić information content (AvgIpc) is 2.06. The number of aryl methyl sites for hydroxylation is 1. The summed E-state index contributed by atoms with van der Waals surface area (Å²) in [6, 6.07) is 1.64. The van der Waals surface area contributed by atoms with Gasteiger partial charge in [-0.25, -0.2) is 0 Å². The standard InChI is InChI=1S/C11H17N3O/c1-7-9(5-8(12)6-13-7)10(15)14-11(2,3)4/h5-6H,12H2,1-4H3,(H,14,15). The maximum atomic E-state index is 11.8. The van der Waals surface area contributed by atoms with Crippen molar-refractivity contribution >= 4 is 11.6 Å². The number of nitrogens with zero attached hydrogens (tertiary/aromatic N) is 1. The first kappa shape index (κ1) is 11.5. The van der Waals surface area contributed by atoms with Crippen LogP contribution in [0.2, 0.25) is 0 Å². The van der Waals surface area contributed by atoms with Crippen molar-refractivity contribution in [3.63, 3.8) is 0 Å². The van der Waals surface area contributed by atoms with Gasteiger partial charge in [0.25, 0.3) is 5.91 Å². The van der Waals surface area contributed by atoms with Crippen molar-refractivity contribution in [2.75, 3.05) is 5.73 Å². The maximum absolute atomic E-state index is 11.8. The smallest absolute Gasteiger partial charge is 0.253 e. The largest absolute Gasteiger partial charge is 0.397 e. The third kappa shape index (κ3) is 3.23. The summed E-state index contributed by atoms with van der Waals surface area (Å²) in [6.45, 7) is 7.58. The highest BCUT2D eigenvalue weighted by molar-refractivity contribution is 5.96. The molecule has 1 aromatic rings. The predicted molar refractivity (Wildman–Crippen MR) is 60.6 cm³/mol. The number of pyridine rings is 1. The molecule has 4 nitrogen and oxygen atoms in total. The summed E-state index contributed by atoms with van der Waals surface area (Å²) in [6.07, 6.45) is 1.54. The minimum absolute atomic E-state index is 0.139. The molecule has 0 bridgehead atoms. The molecule has 0 aromatic carbocycles. The molecule has 0 saturated heterocycles. The van der Waals surface area contributed by atoms with E-state index in [1.165, 1.54) is 0 Å². The Labute approximate surface area is 89.9 Å². The first-order valence-corrected chi connectivity index (χ1v) is 4.84. The van der Waals surface area contributed by atoms with Gasteiger partial charge in [-0.15, -0.1) is 0 Å². The Morgan fingerprint density at radius 2 is 2.07 bits per heavy atom. The van der Waals surface area contributed by atoms with Crippen molar-refractivity contribution in [3.05, 3.63) is 23.5 Å². The summed E-state index contributed by atoms with van der Waals surface area (Å²) in [5.41, 5.74) is 7.05. The molecule has 1 rings (SSSR count). The number of anilines is 1. The molecule has 0 spiro atoms. The lowest BCUT2D eigenvalue weighted by molar-refractivity contribution is 0.0918. The zero-order chi connectivity index (χ0) is 11.6. The SMILES string of the molecule is Cc1ncc(N)cc1C(=O)NC(C)(C)C. The van der Waals surface area contributed by atoms with Gasteiger partial charge >= 0.3 is 0 Å². The minimum Gasteiger partial charge on any atom is -0.397 e. The van der Waals surface area contributed by atoms with Crippen molar-refractivity contribution in [2.24, 2.45) is 0 Å². The lowest BCUT2D eigenvalue weighted by Crippen LogP contribution is -2.40. The highest BCUT2D eigenvalue weighted by Gasteiger charge is 2.17. The lowest BCUT2D eigenvalue weighted by atomic mass is 10.1. The van der Waals surface area contributed by atoms with Crippen molar-refractivity contribution < 1.29 is 4.79 Å². The Bertz CT molecular complexity index is 380. The van der Waals surface area contributed by atoms with E-state index >= 15 is 0 Å². The number of hydrogen-bond donors (Lipinski definition) is 2. The number of nitrogens with two attached hydrogens (primary N) is 1. The lowest BCUT2D eigenvalue weighted by Gasteiger charge is -2.21. The van der Waals surface area contributed by atoms with Crippen LogP contribution in [0.5, 0.6) is 0 Å². The van der Waals surface area contributed by atoms with Crippen LogP contribution < -0.4 is 11.1 Å². The fraction of sp³-hybridized carbons (Fsp3) is 0.455. The van der Waals surface area contributed by atoms with Crippen LogP contribution in [0.4, 0.5) is 5.69 Å². The maximum Gasteiger partial charge on any atom is 0.253 e. The highest BCUT2D eigenvalue weighted by Crippen LogP contribution is 2.11. The van der Waals surface area contributed by atoms with Gasteiger partial charge in [-0.2, -0.15) is 0 Å². The Hall–Kier alpha value is -1.58. The minimum atomic E-state index is -0.256. The molecule has 0 aliphatic carbocycles. The van der Waals surface area contributed by atoms with Crippen LogP contribution in [0, 0.1) is 6.92 Å². The zero-order valence-corrected chi connectivity index (χ0v) is 9.59. The molecule has 4 heteroatoms. The molecule has 82 valence electrons. The molecule has 0 radical (unpaired) electrons. The van der Waals surface area contributed by atoms with Crippen molar-refractivity contribution in [2.45, 2.75) is 33.2 Å². The Balaban J connectivity index is 2.96. The number of carbonyl (C=O) groups excluding carboxylic acids is 1. The second kappa shape index (κ2) is 3.88. The van der Waals surface area contributed by atoms with Gasteiger partial charge in [0.15, 0.2) is 0 Å². The summed E-state index contributed by atoms with van der Waals surface area (Å²) < 4.78 is 0. The second-order valence-corrected chi connectivity index (χ2v) is 4.61. The highest BCUT2D eigenvalue weighted by atomic mass is 16.1. The summed E-state index contributed by atoms with van der Waals surface area (Å²) in [7, 11) is 0. The van der Waals surface area contributed by atoms with Gasteiger partial charge in [0, 0.05) is 5.54 Å². The van der Waals surface area contributed by atoms with Gasteiger partial charge in [0.2, 0.25) is 0 Å². The molecule has 0 aliphatic rings. The van der Waals surface area contributed by atoms with Crippen LogP contribution in [0.25, 0.3) is 0 Å². The van der Waals surface area contributed by atoms with Gasteiger partial charge < -0.3 is 11.1 Å². The molecular weight excluding hydrogens is 190 g/mol. The molecule has 0 unspecified atom stereocenters. The fourth-order valence-corrected chi connectivity index (χ4v) is 1.19. The van der Waals surface area contributed by atoms with E-state index < -0.39 is 0 Å². The quantitative estimate of drug-likeness (QED) is 0.733. The van der Waals surface area contributed by atoms with Crippen LogP contribution in [-0.2, 0) is 0 Å². The summed E-state index contributed by atoms with van der Waals surface area (Å²) >= 11 is 0. The summed E-state index contributed by atoms with van der Waals surface area (Å²) in [5, 5.41) is 2.87. The Morgan fingerprint density at radius 3 is 2.60 bits per heavy atom. The molecule has 1 aromatic heterocycles. The Morgan fingerprint density at radius 1 is 1.47 bits per heavy atom. The summed E-state index contributed by atoms with van der Waals surface area (Å²) in [4.78, 5) is 15.9. The van der Waals surface area contributed by atoms with E-state index in [-0.39, 0.29) is 11.4 Å². The third-order valence-corrected chi connectivity index (χ3v) is 1.84. The number of hydrogen-bond acceptors (Lipinski definition) is 3. The van der Waals surface area contributed by atoms with Gasteiger partial charge in [-0.05, 0) is 33.8 Å². The number of aromatic nitrogens is 1. The van der Waals surface area contributed by atoms with Crippen molar-refractivity contribution in [1.29, 1.82) is 0 Å². The van der Waals surface area contributed by atoms with E-state index in [1.807, 2.05) is 20.8 Å². The zero-order valence-electron chi connectivity index (χ0n) is 9.59. The molecule has 1 amide bonds. The fourth-order valence-electron chi connectivity index (χ4n) is 1.19. The normalized spacial score (nSPS) is 11.2. The van der Waals surface area contributed by atoms with Gasteiger partial charge in [-0.1, -0.05) is 0 Å². The van der Waals surface area contributed by atoms with E-state index in [4.69, 9.17) is 5.73 Å². The van der Waals surface area contributed by atoms with Crippen molar-refractivity contribution in [1.82, 2.24) is 10.3 Å². The number of amides is 1. The Kier molecular flexibility index (Phi) is 2.98. The monoisotopic (exact) mass is 207 g/mol. The first-order chi connectivity index (χ1) is 6.79. The molecule has 0 atom stereocenters. The van der Waals surface area contributed by atoms with Crippen molar-refractivity contribution in [3.8, 4) is 0 Å². The number of nitrogen functional groups attached to an aromatic ring is 1. The third-order valence-electron chi connectivity index (χ3n) is 1.84. The van der Waals surface area contributed by atoms with Gasteiger partial charge in [-0.3, -0.25) is 9.78 Å². The number of rotatable bonds is 1. The first-order valence-electron chi connectivity index (χ1n) is 4.84. The molecule has 0 aliphatic heterocycles. The number of nitrogens with one attached hydrogen (secondary N) is 1. The van der Waals surface area contributed by atoms with Gasteiger partial charge in [0.1, 0.15) is 0 Å². The molecule has 3 N–H and O–H groups in total. The van der Waals surface area contributed by atoms with E-state index in [0.717, 1.165) is 0 Å². The summed E-state index contributed by atoms with van der Waals surface area (Å²) in [5.74, 6) is -0.139. The van der Waals surface area contributed by atoms with Crippen LogP contribution in [0.1, 0.15) is 36.8 Å². The van der Waals surface area contributed by atoms with Crippen LogP contribution in [-0.4, -0.2) is 16.4 Å². The van der Waals surface area contributed by atoms with Crippen LogP contribution in [0.3, 0.4) is 0 Å². The molecular formula is C11H17N3O. The van der Waals surface area contributed by atoms with Crippen LogP contribution in [0.15, 0.2) is 12.3 Å². The van der Waals surface area contributed by atoms with E-state index in [0.29, 0.717) is 16.9 Å². The van der Waals surface area contributed by atoms with E-state index in [2.05, 4.69) is 10.3 Å². The topological polar surface area (TPSA) is 68.0 Å². The van der Waals surface area contributed by atoms with Crippen LogP contribution >= 0.6 is 0 Å². The molecule has 0 fully saturated rings. The van der Waals surface area contributed by atoms with E-state index in [9.17, 15) is 4.79 Å². The molecule has 15 heavy (non-hydrogen) atoms. The van der Waals surface area contributed by atoms with E-state index in [1.54, 1.807) is 19.2 Å². The van der Waals surface area contributed by atoms with Gasteiger partial charge in [0.05, 0.1) is 23.1 Å². The average molecular weight is 207 g/mol. The predicted octanol–water partition coefficient (Wildman–Crippen LogP) is 1.50. The number of carbonyl (C=O) groups is 1. The second-order valence-electron chi connectivity index (χ2n) is 4.61. The molecule has 0 saturated carbocycles.